The minimum absolute atomic E-state index is 0.489. The maximum absolute atomic E-state index is 3.51. The van der Waals surface area contributed by atoms with Crippen LogP contribution in [0.1, 0.15) is 40.5 Å². The van der Waals surface area contributed by atoms with Gasteiger partial charge in [-0.05, 0) is 37.0 Å². The molecule has 0 spiro atoms. The van der Waals surface area contributed by atoms with Crippen LogP contribution in [-0.4, -0.2) is 24.1 Å². The van der Waals surface area contributed by atoms with Crippen LogP contribution in [0.15, 0.2) is 0 Å². The summed E-state index contributed by atoms with van der Waals surface area (Å²) in [5.41, 5.74) is 0.489. The molecule has 0 amide bonds. The molecule has 1 fully saturated rings. The molecule has 0 aromatic heterocycles. The molecule has 84 valence electrons. The average molecular weight is 215 g/mol. The van der Waals surface area contributed by atoms with Crippen molar-refractivity contribution in [1.29, 1.82) is 0 Å². The van der Waals surface area contributed by atoms with E-state index in [0.717, 1.165) is 11.2 Å². The fraction of sp³-hybridized carbons (Fsp3) is 1.00. The zero-order chi connectivity index (χ0) is 10.8. The third-order valence-corrected chi connectivity index (χ3v) is 5.04. The van der Waals surface area contributed by atoms with E-state index in [9.17, 15) is 0 Å². The summed E-state index contributed by atoms with van der Waals surface area (Å²) in [7, 11) is 2.11. The monoisotopic (exact) mass is 215 g/mol. The van der Waals surface area contributed by atoms with E-state index in [2.05, 4.69) is 51.8 Å². The first-order valence-corrected chi connectivity index (χ1v) is 6.81. The summed E-state index contributed by atoms with van der Waals surface area (Å²) in [5.74, 6) is 2.13. The highest BCUT2D eigenvalue weighted by Crippen LogP contribution is 2.43. The van der Waals surface area contributed by atoms with Crippen LogP contribution in [-0.2, 0) is 0 Å². The van der Waals surface area contributed by atoms with E-state index in [1.54, 1.807) is 0 Å². The molecule has 0 radical (unpaired) electrons. The lowest BCUT2D eigenvalue weighted by Crippen LogP contribution is -2.41. The van der Waals surface area contributed by atoms with Gasteiger partial charge in [0.2, 0.25) is 0 Å². The lowest BCUT2D eigenvalue weighted by Gasteiger charge is -2.30. The predicted molar refractivity (Wildman–Crippen MR) is 66.9 cm³/mol. The number of hydrogen-bond acceptors (Lipinski definition) is 2. The summed E-state index contributed by atoms with van der Waals surface area (Å²) in [6, 6.07) is 0.700. The molecule has 2 atom stereocenters. The second-order valence-electron chi connectivity index (χ2n) is 5.56. The first-order chi connectivity index (χ1) is 6.47. The average Bonchev–Trinajstić information content (AvgIpc) is 2.37. The molecule has 0 aliphatic heterocycles. The number of thioether (sulfide) groups is 1. The zero-order valence-electron chi connectivity index (χ0n) is 10.3. The number of nitrogens with one attached hydrogen (secondary N) is 1. The van der Waals surface area contributed by atoms with Crippen molar-refractivity contribution in [1.82, 2.24) is 5.32 Å². The Labute approximate surface area is 93.4 Å². The van der Waals surface area contributed by atoms with Gasteiger partial charge >= 0.3 is 0 Å². The van der Waals surface area contributed by atoms with Crippen molar-refractivity contribution < 1.29 is 0 Å². The van der Waals surface area contributed by atoms with Gasteiger partial charge in [-0.3, -0.25) is 0 Å². The van der Waals surface area contributed by atoms with Crippen LogP contribution in [0.5, 0.6) is 0 Å². The summed E-state index contributed by atoms with van der Waals surface area (Å²) in [6.45, 7) is 9.40. The molecular weight excluding hydrogens is 190 g/mol. The second-order valence-corrected chi connectivity index (χ2v) is 6.83. The Bertz CT molecular complexity index is 177. The van der Waals surface area contributed by atoms with E-state index >= 15 is 0 Å². The summed E-state index contributed by atoms with van der Waals surface area (Å²) in [6.07, 6.45) is 2.75. The summed E-state index contributed by atoms with van der Waals surface area (Å²) < 4.78 is 0. The van der Waals surface area contributed by atoms with Crippen LogP contribution in [0.3, 0.4) is 0 Å². The van der Waals surface area contributed by atoms with Crippen LogP contribution in [0.2, 0.25) is 0 Å². The standard InChI is InChI=1S/C12H25NS/c1-9(2)8-14-10-6-7-12(3,4)11(10)13-5/h9-11,13H,6-8H2,1-5H3. The van der Waals surface area contributed by atoms with Gasteiger partial charge in [-0.15, -0.1) is 0 Å². The van der Waals surface area contributed by atoms with Gasteiger partial charge in [0.15, 0.2) is 0 Å². The molecule has 0 heterocycles. The van der Waals surface area contributed by atoms with E-state index in [-0.39, 0.29) is 0 Å². The van der Waals surface area contributed by atoms with Crippen LogP contribution < -0.4 is 5.32 Å². The predicted octanol–water partition coefficient (Wildman–Crippen LogP) is 3.15. The molecule has 0 aromatic rings. The fourth-order valence-electron chi connectivity index (χ4n) is 2.41. The maximum atomic E-state index is 3.51. The van der Waals surface area contributed by atoms with Crippen molar-refractivity contribution in [3.05, 3.63) is 0 Å². The van der Waals surface area contributed by atoms with Crippen molar-refractivity contribution in [2.24, 2.45) is 11.3 Å². The molecule has 2 heteroatoms. The quantitative estimate of drug-likeness (QED) is 0.773. The molecule has 0 aromatic carbocycles. The first-order valence-electron chi connectivity index (χ1n) is 5.76. The van der Waals surface area contributed by atoms with Crippen LogP contribution in [0.4, 0.5) is 0 Å². The van der Waals surface area contributed by atoms with E-state index < -0.39 is 0 Å². The second kappa shape index (κ2) is 4.89. The Morgan fingerprint density at radius 2 is 2.07 bits per heavy atom. The number of rotatable bonds is 4. The molecule has 2 unspecified atom stereocenters. The minimum Gasteiger partial charge on any atom is -0.315 e. The topological polar surface area (TPSA) is 12.0 Å². The van der Waals surface area contributed by atoms with Crippen molar-refractivity contribution in [3.63, 3.8) is 0 Å². The molecule has 1 aliphatic carbocycles. The van der Waals surface area contributed by atoms with Gasteiger partial charge in [0.1, 0.15) is 0 Å². The maximum Gasteiger partial charge on any atom is 0.0234 e. The van der Waals surface area contributed by atoms with Gasteiger partial charge in [-0.1, -0.05) is 27.7 Å². The van der Waals surface area contributed by atoms with Gasteiger partial charge in [-0.25, -0.2) is 0 Å². The molecular formula is C12H25NS. The third kappa shape index (κ3) is 2.90. The zero-order valence-corrected chi connectivity index (χ0v) is 11.1. The Hall–Kier alpha value is 0.310. The van der Waals surface area contributed by atoms with Gasteiger partial charge in [-0.2, -0.15) is 11.8 Å². The Morgan fingerprint density at radius 1 is 1.43 bits per heavy atom. The Balaban J connectivity index is 2.46. The fourth-order valence-corrected chi connectivity index (χ4v) is 4.03. The largest absolute Gasteiger partial charge is 0.315 e. The molecule has 1 N–H and O–H groups in total. The van der Waals surface area contributed by atoms with Gasteiger partial charge in [0.25, 0.3) is 0 Å². The van der Waals surface area contributed by atoms with Crippen LogP contribution in [0, 0.1) is 11.3 Å². The van der Waals surface area contributed by atoms with Gasteiger partial charge in [0.05, 0.1) is 0 Å². The van der Waals surface area contributed by atoms with Crippen molar-refractivity contribution in [2.75, 3.05) is 12.8 Å². The molecule has 1 nitrogen and oxygen atoms in total. The van der Waals surface area contributed by atoms with E-state index in [1.165, 1.54) is 18.6 Å². The van der Waals surface area contributed by atoms with Gasteiger partial charge in [0, 0.05) is 11.3 Å². The first kappa shape index (κ1) is 12.4. The molecule has 1 saturated carbocycles. The normalized spacial score (nSPS) is 31.3. The van der Waals surface area contributed by atoms with E-state index in [0.29, 0.717) is 11.5 Å². The van der Waals surface area contributed by atoms with E-state index in [1.807, 2.05) is 0 Å². The summed E-state index contributed by atoms with van der Waals surface area (Å²) in [5, 5.41) is 4.34. The molecule has 14 heavy (non-hydrogen) atoms. The Kier molecular flexibility index (Phi) is 4.32. The third-order valence-electron chi connectivity index (χ3n) is 3.24. The molecule has 0 saturated heterocycles. The highest BCUT2D eigenvalue weighted by molar-refractivity contribution is 7.99. The molecule has 1 aliphatic rings. The lowest BCUT2D eigenvalue weighted by molar-refractivity contribution is 0.300. The van der Waals surface area contributed by atoms with Crippen LogP contribution in [0.25, 0.3) is 0 Å². The smallest absolute Gasteiger partial charge is 0.0234 e. The summed E-state index contributed by atoms with van der Waals surface area (Å²) >= 11 is 2.16. The minimum atomic E-state index is 0.489. The SMILES string of the molecule is CNC1C(SCC(C)C)CCC1(C)C. The van der Waals surface area contributed by atoms with Crippen LogP contribution >= 0.6 is 11.8 Å². The van der Waals surface area contributed by atoms with E-state index in [4.69, 9.17) is 0 Å². The highest BCUT2D eigenvalue weighted by Gasteiger charge is 2.40. The highest BCUT2D eigenvalue weighted by atomic mass is 32.2. The van der Waals surface area contributed by atoms with Crippen molar-refractivity contribution >= 4 is 11.8 Å². The summed E-state index contributed by atoms with van der Waals surface area (Å²) in [4.78, 5) is 0. The Morgan fingerprint density at radius 3 is 2.57 bits per heavy atom. The van der Waals surface area contributed by atoms with Gasteiger partial charge < -0.3 is 5.32 Å². The molecule has 0 bridgehead atoms. The molecule has 1 rings (SSSR count). The van der Waals surface area contributed by atoms with Crippen molar-refractivity contribution in [3.8, 4) is 0 Å². The number of hydrogen-bond donors (Lipinski definition) is 1. The lowest BCUT2D eigenvalue weighted by atomic mass is 9.87. The van der Waals surface area contributed by atoms with Crippen molar-refractivity contribution in [2.45, 2.75) is 51.8 Å².